The van der Waals surface area contributed by atoms with E-state index in [-0.39, 0.29) is 16.7 Å². The number of fused-ring (bicyclic) bond motifs is 5. The van der Waals surface area contributed by atoms with E-state index in [4.69, 9.17) is 4.74 Å². The molecule has 1 heterocycles. The van der Waals surface area contributed by atoms with Gasteiger partial charge in [-0.2, -0.15) is 0 Å². The summed E-state index contributed by atoms with van der Waals surface area (Å²) in [6.45, 7) is 7.95. The highest BCUT2D eigenvalue weighted by atomic mass is 16.5. The molecular formula is C26H44N2O3. The van der Waals surface area contributed by atoms with E-state index in [1.54, 1.807) is 0 Å². The molecule has 8 atom stereocenters. The van der Waals surface area contributed by atoms with Crippen LogP contribution in [0.2, 0.25) is 0 Å². The number of nitrogens with one attached hydrogen (secondary N) is 1. The molecular weight excluding hydrogens is 388 g/mol. The monoisotopic (exact) mass is 432 g/mol. The minimum absolute atomic E-state index is 0.180. The van der Waals surface area contributed by atoms with Crippen molar-refractivity contribution in [3.8, 4) is 0 Å². The average molecular weight is 433 g/mol. The minimum Gasteiger partial charge on any atom is -0.390 e. The van der Waals surface area contributed by atoms with Crippen molar-refractivity contribution in [2.45, 2.75) is 83.7 Å². The van der Waals surface area contributed by atoms with Crippen molar-refractivity contribution in [2.24, 2.45) is 40.4 Å². The molecule has 4 saturated carbocycles. The van der Waals surface area contributed by atoms with Crippen LogP contribution in [0.4, 0.5) is 0 Å². The second-order valence-electron chi connectivity index (χ2n) is 12.3. The first-order valence-corrected chi connectivity index (χ1v) is 13.0. The van der Waals surface area contributed by atoms with Crippen LogP contribution in [0.15, 0.2) is 0 Å². The van der Waals surface area contributed by atoms with Gasteiger partial charge >= 0.3 is 0 Å². The van der Waals surface area contributed by atoms with Gasteiger partial charge in [0.2, 0.25) is 0 Å². The molecule has 0 aromatic carbocycles. The molecule has 1 aliphatic heterocycles. The Morgan fingerprint density at radius 1 is 1.10 bits per heavy atom. The van der Waals surface area contributed by atoms with Crippen LogP contribution in [0.25, 0.3) is 0 Å². The number of methoxy groups -OCH3 is 1. The third-order valence-corrected chi connectivity index (χ3v) is 10.7. The largest absolute Gasteiger partial charge is 0.390 e. The van der Waals surface area contributed by atoms with Crippen LogP contribution in [-0.4, -0.2) is 54.9 Å². The lowest BCUT2D eigenvalue weighted by Gasteiger charge is -2.62. The standard InChI is InChI=1S/C26H44N2O3/c1-24(30)11-12-26(17-31-3)18(15-24)5-6-19-20-7-8-22(25(20,2)10-9-21(19)26)23(29)16-28-14-4-13-27-28/h18-22,27,30H,4-17H2,1-3H3/t18-,19-,20-,21?,22+,24+,25-,26+/m0/s1. The Labute approximate surface area is 188 Å². The van der Waals surface area contributed by atoms with Gasteiger partial charge in [0, 0.05) is 26.1 Å². The summed E-state index contributed by atoms with van der Waals surface area (Å²) in [5, 5.41) is 13.0. The Balaban J connectivity index is 1.36. The molecule has 1 saturated heterocycles. The number of ketones is 1. The molecule has 4 aliphatic carbocycles. The highest BCUT2D eigenvalue weighted by Gasteiger charge is 2.63. The van der Waals surface area contributed by atoms with Crippen molar-refractivity contribution in [1.82, 2.24) is 10.4 Å². The fourth-order valence-corrected chi connectivity index (χ4v) is 9.33. The highest BCUT2D eigenvalue weighted by molar-refractivity contribution is 5.84. The Bertz CT molecular complexity index is 690. The molecule has 5 heteroatoms. The van der Waals surface area contributed by atoms with E-state index < -0.39 is 5.60 Å². The SMILES string of the molecule is COC[C@]12CC[C@@](C)(O)C[C@@H]1CC[C@@H]1C2CC[C@]2(C)[C@@H](C(=O)CN3CCCN3)CC[C@@H]12. The zero-order valence-corrected chi connectivity index (χ0v) is 20.0. The molecule has 0 aromatic rings. The van der Waals surface area contributed by atoms with Crippen molar-refractivity contribution in [3.63, 3.8) is 0 Å². The Morgan fingerprint density at radius 3 is 2.68 bits per heavy atom. The normalized spacial score (nSPS) is 50.0. The number of carbonyl (C=O) groups is 1. The highest BCUT2D eigenvalue weighted by Crippen LogP contribution is 2.68. The number of Topliss-reactive ketones (excluding diaryl/α,β-unsaturated/α-hetero) is 1. The van der Waals surface area contributed by atoms with Crippen molar-refractivity contribution < 1.29 is 14.6 Å². The van der Waals surface area contributed by atoms with Gasteiger partial charge in [-0.15, -0.1) is 0 Å². The summed E-state index contributed by atoms with van der Waals surface area (Å²) in [4.78, 5) is 13.4. The Kier molecular flexibility index (Phi) is 5.81. The van der Waals surface area contributed by atoms with E-state index in [1.807, 2.05) is 14.0 Å². The van der Waals surface area contributed by atoms with Gasteiger partial charge in [-0.05, 0) is 106 Å². The number of hydrazine groups is 1. The van der Waals surface area contributed by atoms with Crippen molar-refractivity contribution in [1.29, 1.82) is 0 Å². The van der Waals surface area contributed by atoms with E-state index in [1.165, 1.54) is 32.1 Å². The molecule has 5 fully saturated rings. The van der Waals surface area contributed by atoms with Crippen molar-refractivity contribution in [2.75, 3.05) is 33.4 Å². The Hall–Kier alpha value is -0.490. The molecule has 0 spiro atoms. The van der Waals surface area contributed by atoms with Crippen LogP contribution in [0, 0.1) is 40.4 Å². The first-order valence-electron chi connectivity index (χ1n) is 13.0. The predicted octanol–water partition coefficient (Wildman–Crippen LogP) is 3.80. The molecule has 5 nitrogen and oxygen atoms in total. The molecule has 0 bridgehead atoms. The molecule has 5 rings (SSSR count). The molecule has 2 N–H and O–H groups in total. The summed E-state index contributed by atoms with van der Waals surface area (Å²) >= 11 is 0. The summed E-state index contributed by atoms with van der Waals surface area (Å²) in [7, 11) is 1.87. The van der Waals surface area contributed by atoms with Gasteiger partial charge in [0.05, 0.1) is 18.8 Å². The molecule has 0 radical (unpaired) electrons. The summed E-state index contributed by atoms with van der Waals surface area (Å²) in [5.74, 6) is 3.42. The molecule has 176 valence electrons. The Morgan fingerprint density at radius 2 is 1.94 bits per heavy atom. The number of hydrogen-bond donors (Lipinski definition) is 2. The maximum atomic E-state index is 13.4. The van der Waals surface area contributed by atoms with Crippen LogP contribution in [-0.2, 0) is 9.53 Å². The van der Waals surface area contributed by atoms with Gasteiger partial charge in [-0.1, -0.05) is 6.92 Å². The number of rotatable bonds is 5. The summed E-state index contributed by atoms with van der Waals surface area (Å²) in [5.41, 5.74) is 3.29. The zero-order valence-electron chi connectivity index (χ0n) is 20.0. The second kappa shape index (κ2) is 8.07. The van der Waals surface area contributed by atoms with E-state index in [0.717, 1.165) is 57.7 Å². The van der Waals surface area contributed by atoms with Crippen molar-refractivity contribution >= 4 is 5.78 Å². The number of ether oxygens (including phenoxy) is 1. The second-order valence-corrected chi connectivity index (χ2v) is 12.3. The molecule has 0 aromatic heterocycles. The molecule has 0 amide bonds. The van der Waals surface area contributed by atoms with E-state index >= 15 is 0 Å². The van der Waals surface area contributed by atoms with Gasteiger partial charge in [0.25, 0.3) is 0 Å². The minimum atomic E-state index is -0.508. The maximum Gasteiger partial charge on any atom is 0.151 e. The van der Waals surface area contributed by atoms with Gasteiger partial charge in [-0.3, -0.25) is 10.2 Å². The van der Waals surface area contributed by atoms with Gasteiger partial charge in [0.15, 0.2) is 5.78 Å². The van der Waals surface area contributed by atoms with Gasteiger partial charge in [-0.25, -0.2) is 5.01 Å². The summed E-state index contributed by atoms with van der Waals surface area (Å²) < 4.78 is 5.88. The van der Waals surface area contributed by atoms with Crippen LogP contribution in [0.3, 0.4) is 0 Å². The van der Waals surface area contributed by atoms with Crippen LogP contribution in [0.1, 0.15) is 78.1 Å². The molecule has 1 unspecified atom stereocenters. The summed E-state index contributed by atoms with van der Waals surface area (Å²) in [6, 6.07) is 0. The lowest BCUT2D eigenvalue weighted by atomic mass is 9.43. The number of hydrogen-bond acceptors (Lipinski definition) is 5. The van der Waals surface area contributed by atoms with Gasteiger partial charge in [0.1, 0.15) is 0 Å². The number of aliphatic hydroxyl groups is 1. The van der Waals surface area contributed by atoms with Gasteiger partial charge < -0.3 is 9.84 Å². The average Bonchev–Trinajstić information content (AvgIpc) is 3.35. The topological polar surface area (TPSA) is 61.8 Å². The fourth-order valence-electron chi connectivity index (χ4n) is 9.33. The smallest absolute Gasteiger partial charge is 0.151 e. The number of carbonyl (C=O) groups excluding carboxylic acids is 1. The third kappa shape index (κ3) is 3.62. The lowest BCUT2D eigenvalue weighted by Crippen LogP contribution is -2.58. The van der Waals surface area contributed by atoms with Crippen LogP contribution < -0.4 is 5.43 Å². The lowest BCUT2D eigenvalue weighted by molar-refractivity contribution is -0.175. The van der Waals surface area contributed by atoms with E-state index in [2.05, 4.69) is 17.4 Å². The predicted molar refractivity (Wildman–Crippen MR) is 121 cm³/mol. The van der Waals surface area contributed by atoms with E-state index in [0.29, 0.717) is 30.1 Å². The number of nitrogens with zero attached hydrogens (tertiary/aromatic N) is 1. The van der Waals surface area contributed by atoms with E-state index in [9.17, 15) is 9.90 Å². The summed E-state index contributed by atoms with van der Waals surface area (Å²) in [6.07, 6.45) is 11.4. The zero-order chi connectivity index (χ0) is 21.9. The van der Waals surface area contributed by atoms with Crippen LogP contribution in [0.5, 0.6) is 0 Å². The van der Waals surface area contributed by atoms with Crippen molar-refractivity contribution in [3.05, 3.63) is 0 Å². The first kappa shape index (κ1) is 22.3. The molecule has 31 heavy (non-hydrogen) atoms. The quantitative estimate of drug-likeness (QED) is 0.692. The van der Waals surface area contributed by atoms with Crippen LogP contribution >= 0.6 is 0 Å². The first-order chi connectivity index (χ1) is 14.8. The third-order valence-electron chi connectivity index (χ3n) is 10.7. The maximum absolute atomic E-state index is 13.4. The molecule has 5 aliphatic rings. The fraction of sp³-hybridized carbons (Fsp3) is 0.962.